The minimum Gasteiger partial charge on any atom is -0.381 e. The van der Waals surface area contributed by atoms with E-state index in [-0.39, 0.29) is 17.6 Å². The quantitative estimate of drug-likeness (QED) is 0.544. The average molecular weight is 170 g/mol. The van der Waals surface area contributed by atoms with Crippen molar-refractivity contribution >= 4 is 5.91 Å². The molecule has 0 aromatic carbocycles. The molecule has 0 unspecified atom stereocenters. The van der Waals surface area contributed by atoms with E-state index in [1.807, 2.05) is 0 Å². The second-order valence-electron chi connectivity index (χ2n) is 3.53. The number of nitrogens with one attached hydrogen (secondary N) is 2. The van der Waals surface area contributed by atoms with Gasteiger partial charge in [-0.05, 0) is 0 Å². The SMILES string of the molecule is COC1CC2(C1)NCCNC2=O. The molecule has 0 aromatic rings. The van der Waals surface area contributed by atoms with E-state index >= 15 is 0 Å². The van der Waals surface area contributed by atoms with E-state index in [0.717, 1.165) is 25.9 Å². The van der Waals surface area contributed by atoms with E-state index < -0.39 is 0 Å². The van der Waals surface area contributed by atoms with Crippen molar-refractivity contribution in [3.05, 3.63) is 0 Å². The molecule has 4 nitrogen and oxygen atoms in total. The predicted octanol–water partition coefficient (Wildman–Crippen LogP) is -0.747. The number of hydrogen-bond donors (Lipinski definition) is 2. The molecule has 2 aliphatic rings. The second kappa shape index (κ2) is 2.71. The van der Waals surface area contributed by atoms with Crippen LogP contribution in [0.25, 0.3) is 0 Å². The summed E-state index contributed by atoms with van der Waals surface area (Å²) in [6.07, 6.45) is 1.89. The van der Waals surface area contributed by atoms with Gasteiger partial charge in [-0.15, -0.1) is 0 Å². The molecule has 68 valence electrons. The third kappa shape index (κ3) is 1.03. The number of carbonyl (C=O) groups excluding carboxylic acids is 1. The normalized spacial score (nSPS) is 40.8. The van der Waals surface area contributed by atoms with E-state index in [0.29, 0.717) is 0 Å². The maximum atomic E-state index is 11.4. The fourth-order valence-electron chi connectivity index (χ4n) is 1.94. The number of methoxy groups -OCH3 is 1. The number of rotatable bonds is 1. The summed E-state index contributed by atoms with van der Waals surface area (Å²) in [5, 5.41) is 6.12. The van der Waals surface area contributed by atoms with Crippen molar-refractivity contribution in [2.24, 2.45) is 0 Å². The van der Waals surface area contributed by atoms with Crippen LogP contribution in [-0.4, -0.2) is 37.7 Å². The second-order valence-corrected chi connectivity index (χ2v) is 3.53. The van der Waals surface area contributed by atoms with Gasteiger partial charge < -0.3 is 15.4 Å². The molecule has 1 saturated carbocycles. The van der Waals surface area contributed by atoms with Crippen LogP contribution in [0.5, 0.6) is 0 Å². The number of hydrogen-bond acceptors (Lipinski definition) is 3. The summed E-state index contributed by atoms with van der Waals surface area (Å²) < 4.78 is 5.14. The van der Waals surface area contributed by atoms with Crippen molar-refractivity contribution in [2.45, 2.75) is 24.5 Å². The zero-order chi connectivity index (χ0) is 8.60. The zero-order valence-corrected chi connectivity index (χ0v) is 7.22. The Morgan fingerprint density at radius 3 is 2.83 bits per heavy atom. The van der Waals surface area contributed by atoms with Crippen LogP contribution < -0.4 is 10.6 Å². The van der Waals surface area contributed by atoms with Crippen molar-refractivity contribution in [3.8, 4) is 0 Å². The van der Waals surface area contributed by atoms with Crippen molar-refractivity contribution in [2.75, 3.05) is 20.2 Å². The molecule has 2 N–H and O–H groups in total. The zero-order valence-electron chi connectivity index (χ0n) is 7.22. The summed E-state index contributed by atoms with van der Waals surface area (Å²) in [6.45, 7) is 1.63. The molecule has 0 bridgehead atoms. The molecule has 1 aliphatic heterocycles. The summed E-state index contributed by atoms with van der Waals surface area (Å²) in [7, 11) is 1.69. The van der Waals surface area contributed by atoms with Gasteiger partial charge in [0.05, 0.1) is 6.10 Å². The highest BCUT2D eigenvalue weighted by Gasteiger charge is 2.51. The van der Waals surface area contributed by atoms with E-state index in [2.05, 4.69) is 10.6 Å². The van der Waals surface area contributed by atoms with Gasteiger partial charge in [0.2, 0.25) is 5.91 Å². The van der Waals surface area contributed by atoms with Crippen molar-refractivity contribution in [1.82, 2.24) is 10.6 Å². The Balaban J connectivity index is 1.98. The Kier molecular flexibility index (Phi) is 1.81. The number of piperazine rings is 1. The fraction of sp³-hybridized carbons (Fsp3) is 0.875. The molecule has 0 aromatic heterocycles. The maximum Gasteiger partial charge on any atom is 0.240 e. The first-order chi connectivity index (χ1) is 5.77. The molecular formula is C8H14N2O2. The molecular weight excluding hydrogens is 156 g/mol. The first-order valence-corrected chi connectivity index (χ1v) is 4.33. The predicted molar refractivity (Wildman–Crippen MR) is 43.8 cm³/mol. The summed E-state index contributed by atoms with van der Waals surface area (Å²) in [6, 6.07) is 0. The van der Waals surface area contributed by atoms with Crippen LogP contribution in [0.4, 0.5) is 0 Å². The molecule has 2 fully saturated rings. The van der Waals surface area contributed by atoms with Crippen LogP contribution in [0, 0.1) is 0 Å². The lowest BCUT2D eigenvalue weighted by molar-refractivity contribution is -0.140. The molecule has 1 heterocycles. The Bertz CT molecular complexity index is 199. The topological polar surface area (TPSA) is 50.4 Å². The largest absolute Gasteiger partial charge is 0.381 e. The Labute approximate surface area is 71.7 Å². The van der Waals surface area contributed by atoms with Crippen LogP contribution in [0.1, 0.15) is 12.8 Å². The summed E-state index contributed by atoms with van der Waals surface area (Å²) >= 11 is 0. The smallest absolute Gasteiger partial charge is 0.240 e. The molecule has 0 atom stereocenters. The van der Waals surface area contributed by atoms with Crippen LogP contribution in [0.3, 0.4) is 0 Å². The average Bonchev–Trinajstić information content (AvgIpc) is 2.02. The highest BCUT2D eigenvalue weighted by Crippen LogP contribution is 2.35. The first-order valence-electron chi connectivity index (χ1n) is 4.33. The Hall–Kier alpha value is -0.610. The van der Waals surface area contributed by atoms with Crippen LogP contribution in [0.2, 0.25) is 0 Å². The third-order valence-corrected chi connectivity index (χ3v) is 2.79. The number of carbonyl (C=O) groups is 1. The van der Waals surface area contributed by atoms with Gasteiger partial charge >= 0.3 is 0 Å². The van der Waals surface area contributed by atoms with E-state index in [1.165, 1.54) is 0 Å². The highest BCUT2D eigenvalue weighted by molar-refractivity contribution is 5.88. The number of amides is 1. The van der Waals surface area contributed by atoms with Crippen LogP contribution in [0.15, 0.2) is 0 Å². The highest BCUT2D eigenvalue weighted by atomic mass is 16.5. The minimum absolute atomic E-state index is 0.141. The summed E-state index contributed by atoms with van der Waals surface area (Å²) in [5.41, 5.74) is -0.293. The standard InChI is InChI=1S/C8H14N2O2/c1-12-6-4-8(5-6)7(11)9-2-3-10-8/h6,10H,2-5H2,1H3,(H,9,11). The number of ether oxygens (including phenoxy) is 1. The van der Waals surface area contributed by atoms with Gasteiger partial charge in [0.1, 0.15) is 5.54 Å². The third-order valence-electron chi connectivity index (χ3n) is 2.79. The van der Waals surface area contributed by atoms with Crippen molar-refractivity contribution in [3.63, 3.8) is 0 Å². The molecule has 0 radical (unpaired) electrons. The van der Waals surface area contributed by atoms with Crippen molar-refractivity contribution < 1.29 is 9.53 Å². The van der Waals surface area contributed by atoms with Gasteiger partial charge in [-0.2, -0.15) is 0 Å². The monoisotopic (exact) mass is 170 g/mol. The molecule has 2 rings (SSSR count). The molecule has 1 saturated heterocycles. The Morgan fingerprint density at radius 1 is 1.50 bits per heavy atom. The van der Waals surface area contributed by atoms with E-state index in [1.54, 1.807) is 7.11 Å². The maximum absolute atomic E-state index is 11.4. The molecule has 1 spiro atoms. The first kappa shape index (κ1) is 8.01. The van der Waals surface area contributed by atoms with Gasteiger partial charge in [-0.3, -0.25) is 4.79 Å². The van der Waals surface area contributed by atoms with Gasteiger partial charge in [-0.25, -0.2) is 0 Å². The van der Waals surface area contributed by atoms with E-state index in [9.17, 15) is 4.79 Å². The van der Waals surface area contributed by atoms with Crippen LogP contribution in [-0.2, 0) is 9.53 Å². The van der Waals surface area contributed by atoms with Crippen molar-refractivity contribution in [1.29, 1.82) is 0 Å². The molecule has 12 heavy (non-hydrogen) atoms. The minimum atomic E-state index is -0.293. The molecule has 4 heteroatoms. The summed E-state index contributed by atoms with van der Waals surface area (Å²) in [4.78, 5) is 11.4. The van der Waals surface area contributed by atoms with Crippen LogP contribution >= 0.6 is 0 Å². The summed E-state index contributed by atoms with van der Waals surface area (Å²) in [5.74, 6) is 0.141. The van der Waals surface area contributed by atoms with Gasteiger partial charge in [0.25, 0.3) is 0 Å². The van der Waals surface area contributed by atoms with E-state index in [4.69, 9.17) is 4.74 Å². The lowest BCUT2D eigenvalue weighted by atomic mass is 9.72. The van der Waals surface area contributed by atoms with Gasteiger partial charge in [0.15, 0.2) is 0 Å². The Morgan fingerprint density at radius 2 is 2.25 bits per heavy atom. The lowest BCUT2D eigenvalue weighted by Gasteiger charge is -2.48. The lowest BCUT2D eigenvalue weighted by Crippen LogP contribution is -2.70. The molecule has 1 aliphatic carbocycles. The van der Waals surface area contributed by atoms with Gasteiger partial charge in [-0.1, -0.05) is 0 Å². The fourth-order valence-corrected chi connectivity index (χ4v) is 1.94. The van der Waals surface area contributed by atoms with Gasteiger partial charge in [0, 0.05) is 33.0 Å². The molecule has 1 amide bonds.